The van der Waals surface area contributed by atoms with E-state index in [2.05, 4.69) is 22.0 Å². The van der Waals surface area contributed by atoms with Crippen LogP contribution in [0, 0.1) is 11.3 Å². The maximum Gasteiger partial charge on any atom is 0.150 e. The summed E-state index contributed by atoms with van der Waals surface area (Å²) in [5.74, 6) is 0. The van der Waals surface area contributed by atoms with Gasteiger partial charge in [0.2, 0.25) is 0 Å². The van der Waals surface area contributed by atoms with Crippen LogP contribution < -0.4 is 0 Å². The zero-order valence-electron chi connectivity index (χ0n) is 8.85. The van der Waals surface area contributed by atoms with E-state index in [9.17, 15) is 4.79 Å². The number of nitriles is 1. The van der Waals surface area contributed by atoms with Crippen molar-refractivity contribution in [1.29, 1.82) is 5.26 Å². The van der Waals surface area contributed by atoms with Crippen LogP contribution >= 0.6 is 15.9 Å². The zero-order valence-corrected chi connectivity index (χ0v) is 10.4. The largest absolute Gasteiger partial charge is 0.298 e. The lowest BCUT2D eigenvalue weighted by Crippen LogP contribution is -1.88. The van der Waals surface area contributed by atoms with E-state index in [0.29, 0.717) is 11.1 Å². The number of nitrogens with zero attached hydrogens (tertiary/aromatic N) is 1. The van der Waals surface area contributed by atoms with E-state index in [1.165, 1.54) is 0 Å². The van der Waals surface area contributed by atoms with Crippen molar-refractivity contribution in [2.75, 3.05) is 0 Å². The average molecular weight is 286 g/mol. The zero-order chi connectivity index (χ0) is 12.3. The second-order valence-corrected chi connectivity index (χ2v) is 4.46. The van der Waals surface area contributed by atoms with Gasteiger partial charge in [0.25, 0.3) is 0 Å². The number of benzene rings is 2. The Kier molecular flexibility index (Phi) is 3.36. The Hall–Kier alpha value is -1.92. The fourth-order valence-corrected chi connectivity index (χ4v) is 2.17. The highest BCUT2D eigenvalue weighted by molar-refractivity contribution is 9.10. The van der Waals surface area contributed by atoms with E-state index in [0.717, 1.165) is 21.9 Å². The van der Waals surface area contributed by atoms with Crippen LogP contribution in [0.5, 0.6) is 0 Å². The van der Waals surface area contributed by atoms with Gasteiger partial charge in [-0.15, -0.1) is 0 Å². The molecule has 0 aliphatic carbocycles. The van der Waals surface area contributed by atoms with Crippen molar-refractivity contribution < 1.29 is 4.79 Å². The normalized spacial score (nSPS) is 9.65. The topological polar surface area (TPSA) is 40.9 Å². The van der Waals surface area contributed by atoms with Crippen molar-refractivity contribution in [3.63, 3.8) is 0 Å². The summed E-state index contributed by atoms with van der Waals surface area (Å²) >= 11 is 3.36. The molecule has 0 saturated carbocycles. The summed E-state index contributed by atoms with van der Waals surface area (Å²) in [6.07, 6.45) is 0.822. The number of halogens is 1. The quantitative estimate of drug-likeness (QED) is 0.788. The molecule has 2 aromatic rings. The van der Waals surface area contributed by atoms with E-state index < -0.39 is 0 Å². The van der Waals surface area contributed by atoms with Crippen LogP contribution in [-0.2, 0) is 0 Å². The van der Waals surface area contributed by atoms with E-state index in [1.807, 2.05) is 24.3 Å². The summed E-state index contributed by atoms with van der Waals surface area (Å²) in [5.41, 5.74) is 2.88. The molecule has 0 atom stereocenters. The van der Waals surface area contributed by atoms with Gasteiger partial charge in [-0.3, -0.25) is 4.79 Å². The SMILES string of the molecule is N#Cc1cc(Br)cc(-c2ccccc2C=O)c1. The first kappa shape index (κ1) is 11.6. The number of rotatable bonds is 2. The number of hydrogen-bond acceptors (Lipinski definition) is 2. The molecule has 2 rings (SSSR count). The fourth-order valence-electron chi connectivity index (χ4n) is 1.67. The number of aldehydes is 1. The molecule has 82 valence electrons. The van der Waals surface area contributed by atoms with Crippen LogP contribution in [0.1, 0.15) is 15.9 Å². The minimum Gasteiger partial charge on any atom is -0.298 e. The van der Waals surface area contributed by atoms with Crippen LogP contribution in [0.3, 0.4) is 0 Å². The second kappa shape index (κ2) is 4.94. The van der Waals surface area contributed by atoms with Crippen LogP contribution in [0.25, 0.3) is 11.1 Å². The molecule has 0 fully saturated rings. The molecule has 0 amide bonds. The highest BCUT2D eigenvalue weighted by Crippen LogP contribution is 2.27. The van der Waals surface area contributed by atoms with E-state index >= 15 is 0 Å². The van der Waals surface area contributed by atoms with Crippen molar-refractivity contribution in [1.82, 2.24) is 0 Å². The summed E-state index contributed by atoms with van der Waals surface area (Å²) < 4.78 is 0.826. The van der Waals surface area contributed by atoms with E-state index in [1.54, 1.807) is 18.2 Å². The van der Waals surface area contributed by atoms with Crippen LogP contribution in [-0.4, -0.2) is 6.29 Å². The molecule has 17 heavy (non-hydrogen) atoms. The van der Waals surface area contributed by atoms with Gasteiger partial charge in [0.05, 0.1) is 11.6 Å². The minimum absolute atomic E-state index is 0.565. The molecular weight excluding hydrogens is 278 g/mol. The Morgan fingerprint density at radius 1 is 1.18 bits per heavy atom. The lowest BCUT2D eigenvalue weighted by Gasteiger charge is -2.06. The third kappa shape index (κ3) is 2.43. The molecular formula is C14H8BrNO. The average Bonchev–Trinajstić information content (AvgIpc) is 2.37. The van der Waals surface area contributed by atoms with Gasteiger partial charge < -0.3 is 0 Å². The van der Waals surface area contributed by atoms with Gasteiger partial charge in [0.1, 0.15) is 0 Å². The van der Waals surface area contributed by atoms with Gasteiger partial charge in [0, 0.05) is 10.0 Å². The molecule has 0 aliphatic heterocycles. The number of hydrogen-bond donors (Lipinski definition) is 0. The van der Waals surface area contributed by atoms with Crippen LogP contribution in [0.2, 0.25) is 0 Å². The highest BCUT2D eigenvalue weighted by Gasteiger charge is 2.06. The molecule has 0 aromatic heterocycles. The first-order valence-electron chi connectivity index (χ1n) is 5.00. The van der Waals surface area contributed by atoms with Crippen molar-refractivity contribution in [3.05, 3.63) is 58.1 Å². The van der Waals surface area contributed by atoms with Crippen LogP contribution in [0.4, 0.5) is 0 Å². The van der Waals surface area contributed by atoms with E-state index in [-0.39, 0.29) is 0 Å². The Morgan fingerprint density at radius 3 is 2.65 bits per heavy atom. The minimum atomic E-state index is 0.565. The molecule has 0 heterocycles. The van der Waals surface area contributed by atoms with Gasteiger partial charge in [-0.2, -0.15) is 5.26 Å². The molecule has 0 saturated heterocycles. The smallest absolute Gasteiger partial charge is 0.150 e. The van der Waals surface area contributed by atoms with Gasteiger partial charge in [-0.1, -0.05) is 40.2 Å². The maximum atomic E-state index is 11.0. The molecule has 0 spiro atoms. The molecule has 0 unspecified atom stereocenters. The lowest BCUT2D eigenvalue weighted by molar-refractivity contribution is 0.112. The summed E-state index contributed by atoms with van der Waals surface area (Å²) in [6, 6.07) is 14.8. The summed E-state index contributed by atoms with van der Waals surface area (Å²) in [4.78, 5) is 11.0. The molecule has 0 bridgehead atoms. The van der Waals surface area contributed by atoms with Crippen LogP contribution in [0.15, 0.2) is 46.9 Å². The van der Waals surface area contributed by atoms with E-state index in [4.69, 9.17) is 5.26 Å². The Bertz CT molecular complexity index is 614. The van der Waals surface area contributed by atoms with Gasteiger partial charge in [0.15, 0.2) is 6.29 Å². The number of carbonyl (C=O) groups is 1. The summed E-state index contributed by atoms with van der Waals surface area (Å²) in [5, 5.41) is 8.92. The van der Waals surface area contributed by atoms with Crippen molar-refractivity contribution in [3.8, 4) is 17.2 Å². The molecule has 0 radical (unpaired) electrons. The standard InChI is InChI=1S/C14H8BrNO/c15-13-6-10(8-16)5-12(7-13)14-4-2-1-3-11(14)9-17/h1-7,9H. The summed E-state index contributed by atoms with van der Waals surface area (Å²) in [6.45, 7) is 0. The van der Waals surface area contributed by atoms with Gasteiger partial charge in [-0.05, 0) is 29.3 Å². The molecule has 3 heteroatoms. The van der Waals surface area contributed by atoms with Gasteiger partial charge >= 0.3 is 0 Å². The van der Waals surface area contributed by atoms with Crippen molar-refractivity contribution in [2.24, 2.45) is 0 Å². The number of carbonyl (C=O) groups excluding carboxylic acids is 1. The first-order valence-corrected chi connectivity index (χ1v) is 5.79. The third-order valence-corrected chi connectivity index (χ3v) is 2.88. The fraction of sp³-hybridized carbons (Fsp3) is 0. The predicted octanol–water partition coefficient (Wildman–Crippen LogP) is 3.80. The first-order chi connectivity index (χ1) is 8.24. The maximum absolute atomic E-state index is 11.0. The predicted molar refractivity (Wildman–Crippen MR) is 69.7 cm³/mol. The Morgan fingerprint density at radius 2 is 1.94 bits per heavy atom. The monoisotopic (exact) mass is 285 g/mol. The lowest BCUT2D eigenvalue weighted by atomic mass is 9.99. The molecule has 2 aromatic carbocycles. The Labute approximate surface area is 108 Å². The molecule has 2 nitrogen and oxygen atoms in total. The third-order valence-electron chi connectivity index (χ3n) is 2.43. The van der Waals surface area contributed by atoms with Gasteiger partial charge in [-0.25, -0.2) is 0 Å². The Balaban J connectivity index is 2.64. The highest BCUT2D eigenvalue weighted by atomic mass is 79.9. The van der Waals surface area contributed by atoms with Crippen molar-refractivity contribution >= 4 is 22.2 Å². The molecule has 0 N–H and O–H groups in total. The second-order valence-electron chi connectivity index (χ2n) is 3.55. The summed E-state index contributed by atoms with van der Waals surface area (Å²) in [7, 11) is 0. The molecule has 0 aliphatic rings. The van der Waals surface area contributed by atoms with Crippen molar-refractivity contribution in [2.45, 2.75) is 0 Å².